The molecule has 1 amide bonds. The van der Waals surface area contributed by atoms with Gasteiger partial charge in [-0.25, -0.2) is 0 Å². The first-order chi connectivity index (χ1) is 8.20. The Morgan fingerprint density at radius 2 is 2.24 bits per heavy atom. The third-order valence-corrected chi connectivity index (χ3v) is 3.65. The number of amides is 1. The number of alkyl halides is 1. The molecule has 1 aliphatic heterocycles. The van der Waals surface area contributed by atoms with Gasteiger partial charge in [0.15, 0.2) is 0 Å². The van der Waals surface area contributed by atoms with Gasteiger partial charge in [-0.2, -0.15) is 0 Å². The third kappa shape index (κ3) is 3.01. The predicted molar refractivity (Wildman–Crippen MR) is 71.5 cm³/mol. The molecule has 0 saturated carbocycles. The minimum absolute atomic E-state index is 0.0718. The fourth-order valence-corrected chi connectivity index (χ4v) is 2.47. The van der Waals surface area contributed by atoms with Crippen molar-refractivity contribution >= 4 is 23.2 Å². The van der Waals surface area contributed by atoms with Crippen LogP contribution >= 0.6 is 11.6 Å². The molecular formula is C14H18ClNO. The van der Waals surface area contributed by atoms with Gasteiger partial charge in [-0.05, 0) is 23.6 Å². The molecule has 1 unspecified atom stereocenters. The zero-order valence-corrected chi connectivity index (χ0v) is 10.9. The summed E-state index contributed by atoms with van der Waals surface area (Å²) in [6, 6.07) is 6.05. The molecule has 0 radical (unpaired) electrons. The van der Waals surface area contributed by atoms with Crippen molar-refractivity contribution in [1.29, 1.82) is 0 Å². The largest absolute Gasteiger partial charge is 0.326 e. The number of benzene rings is 1. The van der Waals surface area contributed by atoms with E-state index >= 15 is 0 Å². The van der Waals surface area contributed by atoms with E-state index in [0.717, 1.165) is 23.2 Å². The second-order valence-corrected chi connectivity index (χ2v) is 5.13. The summed E-state index contributed by atoms with van der Waals surface area (Å²) in [7, 11) is 0. The normalized spacial score (nSPS) is 15.5. The molecule has 1 aromatic rings. The maximum atomic E-state index is 11.2. The summed E-state index contributed by atoms with van der Waals surface area (Å²) in [4.78, 5) is 11.2. The molecule has 17 heavy (non-hydrogen) atoms. The van der Waals surface area contributed by atoms with Crippen LogP contribution in [0.25, 0.3) is 0 Å². The summed E-state index contributed by atoms with van der Waals surface area (Å²) in [6.07, 6.45) is 5.11. The highest BCUT2D eigenvalue weighted by molar-refractivity contribution is 6.20. The molecule has 1 N–H and O–H groups in total. The van der Waals surface area contributed by atoms with Crippen LogP contribution in [-0.2, 0) is 11.2 Å². The highest BCUT2D eigenvalue weighted by Gasteiger charge is 2.19. The Kier molecular flexibility index (Phi) is 4.06. The molecule has 0 saturated heterocycles. The standard InChI is InChI=1S/C14H18ClNO/c1-2-3-4-5-12(15)10-6-7-13-11(8-10)9-14(17)16-13/h6-8,12H,2-5,9H2,1H3,(H,16,17). The summed E-state index contributed by atoms with van der Waals surface area (Å²) in [6.45, 7) is 2.19. The minimum Gasteiger partial charge on any atom is -0.326 e. The van der Waals surface area contributed by atoms with E-state index in [9.17, 15) is 4.79 Å². The van der Waals surface area contributed by atoms with Gasteiger partial charge in [0, 0.05) is 5.69 Å². The van der Waals surface area contributed by atoms with Gasteiger partial charge in [0.25, 0.3) is 0 Å². The van der Waals surface area contributed by atoms with Crippen LogP contribution in [-0.4, -0.2) is 5.91 Å². The molecule has 0 fully saturated rings. The van der Waals surface area contributed by atoms with E-state index in [4.69, 9.17) is 11.6 Å². The first-order valence-corrected chi connectivity index (χ1v) is 6.71. The Morgan fingerprint density at radius 3 is 3.00 bits per heavy atom. The van der Waals surface area contributed by atoms with Crippen molar-refractivity contribution in [3.05, 3.63) is 29.3 Å². The van der Waals surface area contributed by atoms with Crippen molar-refractivity contribution in [2.45, 2.75) is 44.4 Å². The molecule has 3 heteroatoms. The third-order valence-electron chi connectivity index (χ3n) is 3.18. The topological polar surface area (TPSA) is 29.1 Å². The van der Waals surface area contributed by atoms with E-state index in [1.165, 1.54) is 19.3 Å². The molecule has 1 heterocycles. The number of carbonyl (C=O) groups excluding carboxylic acids is 1. The number of anilines is 1. The van der Waals surface area contributed by atoms with E-state index in [-0.39, 0.29) is 11.3 Å². The fraction of sp³-hybridized carbons (Fsp3) is 0.500. The van der Waals surface area contributed by atoms with Crippen LogP contribution in [0, 0.1) is 0 Å². The van der Waals surface area contributed by atoms with Gasteiger partial charge in [-0.1, -0.05) is 38.3 Å². The molecule has 0 bridgehead atoms. The second-order valence-electron chi connectivity index (χ2n) is 4.60. The average Bonchev–Trinajstić information content (AvgIpc) is 2.68. The van der Waals surface area contributed by atoms with E-state index in [0.29, 0.717) is 6.42 Å². The first kappa shape index (κ1) is 12.4. The summed E-state index contributed by atoms with van der Waals surface area (Å²) in [5.74, 6) is 0.0780. The van der Waals surface area contributed by atoms with Crippen molar-refractivity contribution in [3.8, 4) is 0 Å². The predicted octanol–water partition coefficient (Wildman–Crippen LogP) is 4.04. The highest BCUT2D eigenvalue weighted by atomic mass is 35.5. The van der Waals surface area contributed by atoms with Crippen molar-refractivity contribution in [1.82, 2.24) is 0 Å². The lowest BCUT2D eigenvalue weighted by atomic mass is 10.0. The van der Waals surface area contributed by atoms with Crippen LogP contribution < -0.4 is 5.32 Å². The quantitative estimate of drug-likeness (QED) is 0.621. The average molecular weight is 252 g/mol. The minimum atomic E-state index is 0.0718. The van der Waals surface area contributed by atoms with Crippen LogP contribution in [0.2, 0.25) is 0 Å². The number of fused-ring (bicyclic) bond motifs is 1. The Hall–Kier alpha value is -1.02. The monoisotopic (exact) mass is 251 g/mol. The molecule has 92 valence electrons. The van der Waals surface area contributed by atoms with Crippen molar-refractivity contribution < 1.29 is 4.79 Å². The number of nitrogens with one attached hydrogen (secondary N) is 1. The van der Waals surface area contributed by atoms with Crippen molar-refractivity contribution in [2.24, 2.45) is 0 Å². The van der Waals surface area contributed by atoms with Gasteiger partial charge >= 0.3 is 0 Å². The SMILES string of the molecule is CCCCCC(Cl)c1ccc2c(c1)CC(=O)N2. The highest BCUT2D eigenvalue weighted by Crippen LogP contribution is 2.31. The summed E-state index contributed by atoms with van der Waals surface area (Å²) < 4.78 is 0. The molecule has 2 rings (SSSR count). The number of hydrogen-bond acceptors (Lipinski definition) is 1. The lowest BCUT2D eigenvalue weighted by Gasteiger charge is -2.10. The molecule has 0 aliphatic carbocycles. The fourth-order valence-electron chi connectivity index (χ4n) is 2.18. The molecule has 1 aliphatic rings. The Balaban J connectivity index is 2.02. The number of hydrogen-bond donors (Lipinski definition) is 1. The Labute approximate surface area is 107 Å². The van der Waals surface area contributed by atoms with Gasteiger partial charge in [0.2, 0.25) is 5.91 Å². The summed E-state index contributed by atoms with van der Waals surface area (Å²) >= 11 is 6.37. The molecule has 2 nitrogen and oxygen atoms in total. The van der Waals surface area contributed by atoms with E-state index in [2.05, 4.69) is 18.3 Å². The van der Waals surface area contributed by atoms with Crippen LogP contribution in [0.4, 0.5) is 5.69 Å². The lowest BCUT2D eigenvalue weighted by molar-refractivity contribution is -0.115. The van der Waals surface area contributed by atoms with Crippen LogP contribution in [0.1, 0.15) is 49.1 Å². The Morgan fingerprint density at radius 1 is 1.41 bits per heavy atom. The molecule has 0 spiro atoms. The molecule has 1 atom stereocenters. The number of halogens is 1. The maximum absolute atomic E-state index is 11.2. The smallest absolute Gasteiger partial charge is 0.228 e. The van der Waals surface area contributed by atoms with E-state index < -0.39 is 0 Å². The van der Waals surface area contributed by atoms with E-state index in [1.807, 2.05) is 12.1 Å². The van der Waals surface area contributed by atoms with E-state index in [1.54, 1.807) is 0 Å². The molecular weight excluding hydrogens is 234 g/mol. The zero-order valence-electron chi connectivity index (χ0n) is 10.1. The van der Waals surface area contributed by atoms with Crippen molar-refractivity contribution in [3.63, 3.8) is 0 Å². The number of rotatable bonds is 5. The van der Waals surface area contributed by atoms with Crippen LogP contribution in [0.15, 0.2) is 18.2 Å². The van der Waals surface area contributed by atoms with Gasteiger partial charge < -0.3 is 5.32 Å². The van der Waals surface area contributed by atoms with Gasteiger partial charge in [0.05, 0.1) is 11.8 Å². The summed E-state index contributed by atoms with van der Waals surface area (Å²) in [5, 5.41) is 2.91. The number of unbranched alkanes of at least 4 members (excludes halogenated alkanes) is 2. The zero-order chi connectivity index (χ0) is 12.3. The van der Waals surface area contributed by atoms with Crippen molar-refractivity contribution in [2.75, 3.05) is 5.32 Å². The lowest BCUT2D eigenvalue weighted by Crippen LogP contribution is -2.03. The molecule has 1 aromatic carbocycles. The van der Waals surface area contributed by atoms with Gasteiger partial charge in [0.1, 0.15) is 0 Å². The van der Waals surface area contributed by atoms with Crippen LogP contribution in [0.3, 0.4) is 0 Å². The van der Waals surface area contributed by atoms with Gasteiger partial charge in [-0.15, -0.1) is 11.6 Å². The van der Waals surface area contributed by atoms with Crippen LogP contribution in [0.5, 0.6) is 0 Å². The van der Waals surface area contributed by atoms with Gasteiger partial charge in [-0.3, -0.25) is 4.79 Å². The first-order valence-electron chi connectivity index (χ1n) is 6.27. The summed E-state index contributed by atoms with van der Waals surface area (Å²) in [5.41, 5.74) is 3.16. The number of carbonyl (C=O) groups is 1. The maximum Gasteiger partial charge on any atom is 0.228 e. The molecule has 0 aromatic heterocycles. The Bertz CT molecular complexity index is 417. The second kappa shape index (κ2) is 5.54.